The molecule has 0 bridgehead atoms. The maximum Gasteiger partial charge on any atom is 1.00 e. The van der Waals surface area contributed by atoms with Crippen LogP contribution in [-0.2, 0) is 14.3 Å². The predicted octanol–water partition coefficient (Wildman–Crippen LogP) is -3.88. The van der Waals surface area contributed by atoms with Crippen molar-refractivity contribution in [1.82, 2.24) is 0 Å². The summed E-state index contributed by atoms with van der Waals surface area (Å²) >= 11 is 0. The van der Waals surface area contributed by atoms with E-state index in [-0.39, 0.29) is 63.2 Å². The number of carboxylic acids is 1. The second-order valence-electron chi connectivity index (χ2n) is 8.47. The number of rotatable bonds is 7. The summed E-state index contributed by atoms with van der Waals surface area (Å²) in [6.45, 7) is -0.734. The Hall–Kier alpha value is -2.81. The van der Waals surface area contributed by atoms with Crippen molar-refractivity contribution >= 4 is 22.9 Å². The average Bonchev–Trinajstić information content (AvgIpc) is 2.87. The van der Waals surface area contributed by atoms with Crippen molar-refractivity contribution in [1.29, 1.82) is 0 Å². The number of fused-ring (bicyclic) bond motifs is 1. The minimum atomic E-state index is -1.80. The molecule has 3 aromatic rings. The van der Waals surface area contributed by atoms with E-state index in [9.17, 15) is 45.0 Å². The van der Waals surface area contributed by atoms with Crippen LogP contribution in [0.5, 0.6) is 11.5 Å². The standard InChI is InChI=1S/C25H24O12.Na/c26-9-16-21(32)22(33)23(34)25(37-16)19-15(36-18(30)8-7-17(28)29)6-5-13-20(31)14(10-35-24(13)19)11-1-3-12(27)4-2-11;/h1-6,10,16,21-23,25-27,32-34H,7-9H2,(H,28,29);/q;+1/p-1/t16-,21-,22+,23-,25+;/m1./s1. The molecule has 4 rings (SSSR count). The van der Waals surface area contributed by atoms with Gasteiger partial charge in [0.15, 0.2) is 0 Å². The fraction of sp³-hybridized carbons (Fsp3) is 0.320. The predicted molar refractivity (Wildman–Crippen MR) is 122 cm³/mol. The molecular weight excluding hydrogens is 515 g/mol. The number of hydrogen-bond acceptors (Lipinski definition) is 12. The molecule has 0 amide bonds. The Labute approximate surface area is 237 Å². The van der Waals surface area contributed by atoms with Gasteiger partial charge in [0.25, 0.3) is 0 Å². The largest absolute Gasteiger partial charge is 1.00 e. The van der Waals surface area contributed by atoms with E-state index < -0.39 is 67.3 Å². The molecule has 1 aliphatic rings. The summed E-state index contributed by atoms with van der Waals surface area (Å²) in [6, 6.07) is 8.27. The van der Waals surface area contributed by atoms with Gasteiger partial charge in [-0.3, -0.25) is 9.59 Å². The van der Waals surface area contributed by atoms with E-state index in [1.165, 1.54) is 36.4 Å². The molecule has 0 aliphatic carbocycles. The summed E-state index contributed by atoms with van der Waals surface area (Å²) in [4.78, 5) is 36.3. The first-order chi connectivity index (χ1) is 17.6. The molecule has 1 saturated heterocycles. The monoisotopic (exact) mass is 538 g/mol. The third kappa shape index (κ3) is 5.92. The minimum absolute atomic E-state index is 0. The summed E-state index contributed by atoms with van der Waals surface area (Å²) in [7, 11) is 0. The Kier molecular flexibility index (Phi) is 9.68. The van der Waals surface area contributed by atoms with Crippen LogP contribution in [0.2, 0.25) is 0 Å². The van der Waals surface area contributed by atoms with Crippen molar-refractivity contribution in [3.05, 3.63) is 58.4 Å². The molecule has 0 unspecified atom stereocenters. The van der Waals surface area contributed by atoms with Crippen molar-refractivity contribution in [3.8, 4) is 22.6 Å². The van der Waals surface area contributed by atoms with Gasteiger partial charge in [-0.15, -0.1) is 0 Å². The molecule has 13 heteroatoms. The second-order valence-corrected chi connectivity index (χ2v) is 8.47. The molecular formula is C25H23NaO12. The molecule has 0 spiro atoms. The maximum atomic E-state index is 13.3. The van der Waals surface area contributed by atoms with Gasteiger partial charge < -0.3 is 49.3 Å². The third-order valence-electron chi connectivity index (χ3n) is 6.05. The smallest absolute Gasteiger partial charge is 0.550 e. The first-order valence-electron chi connectivity index (χ1n) is 11.2. The molecule has 0 saturated carbocycles. The molecule has 2 aromatic carbocycles. The third-order valence-corrected chi connectivity index (χ3v) is 6.05. The van der Waals surface area contributed by atoms with Gasteiger partial charge >= 0.3 is 35.5 Å². The van der Waals surface area contributed by atoms with Gasteiger partial charge in [0, 0.05) is 5.97 Å². The Morgan fingerprint density at radius 3 is 2.29 bits per heavy atom. The fourth-order valence-electron chi connectivity index (χ4n) is 4.12. The van der Waals surface area contributed by atoms with Crippen LogP contribution >= 0.6 is 0 Å². The number of phenolic OH excluding ortho intramolecular Hbond substituents is 1. The Morgan fingerprint density at radius 2 is 1.66 bits per heavy atom. The summed E-state index contributed by atoms with van der Waals surface area (Å²) in [6.07, 6.45) is -8.15. The number of carboxylic acid groups (broad SMARTS) is 1. The van der Waals surface area contributed by atoms with Gasteiger partial charge in [-0.25, -0.2) is 0 Å². The summed E-state index contributed by atoms with van der Waals surface area (Å²) in [5.74, 6) is -2.72. The molecule has 12 nitrogen and oxygen atoms in total. The van der Waals surface area contributed by atoms with E-state index in [2.05, 4.69) is 0 Å². The van der Waals surface area contributed by atoms with Crippen LogP contribution in [0.15, 0.2) is 51.9 Å². The van der Waals surface area contributed by atoms with Gasteiger partial charge in [-0.1, -0.05) is 12.1 Å². The van der Waals surface area contributed by atoms with Crippen molar-refractivity contribution in [3.63, 3.8) is 0 Å². The number of phenols is 1. The zero-order chi connectivity index (χ0) is 26.9. The van der Waals surface area contributed by atoms with Crippen LogP contribution in [0.3, 0.4) is 0 Å². The number of ether oxygens (including phenoxy) is 2. The maximum absolute atomic E-state index is 13.3. The number of aliphatic hydroxyl groups excluding tert-OH is 4. The first kappa shape index (κ1) is 29.7. The molecule has 5 atom stereocenters. The van der Waals surface area contributed by atoms with Gasteiger partial charge in [0.05, 0.1) is 29.5 Å². The van der Waals surface area contributed by atoms with E-state index in [4.69, 9.17) is 13.9 Å². The van der Waals surface area contributed by atoms with Crippen molar-refractivity contribution < 1.29 is 83.7 Å². The molecule has 196 valence electrons. The molecule has 38 heavy (non-hydrogen) atoms. The van der Waals surface area contributed by atoms with Gasteiger partial charge in [-0.2, -0.15) is 0 Å². The quantitative estimate of drug-likeness (QED) is 0.111. The number of aliphatic hydroxyl groups is 4. The van der Waals surface area contributed by atoms with E-state index >= 15 is 0 Å². The van der Waals surface area contributed by atoms with Crippen LogP contribution in [0.1, 0.15) is 24.5 Å². The zero-order valence-electron chi connectivity index (χ0n) is 20.1. The summed E-state index contributed by atoms with van der Waals surface area (Å²) in [5.41, 5.74) is -0.313. The van der Waals surface area contributed by atoms with Crippen LogP contribution in [0, 0.1) is 0 Å². The number of carbonyl (C=O) groups excluding carboxylic acids is 2. The van der Waals surface area contributed by atoms with Gasteiger partial charge in [0.2, 0.25) is 5.43 Å². The fourth-order valence-corrected chi connectivity index (χ4v) is 4.12. The van der Waals surface area contributed by atoms with Crippen LogP contribution in [0.4, 0.5) is 0 Å². The number of carbonyl (C=O) groups is 2. The second kappa shape index (κ2) is 12.4. The molecule has 5 N–H and O–H groups in total. The first-order valence-corrected chi connectivity index (χ1v) is 11.2. The molecule has 2 heterocycles. The van der Waals surface area contributed by atoms with E-state index in [1.807, 2.05) is 0 Å². The molecule has 1 fully saturated rings. The number of hydrogen-bond donors (Lipinski definition) is 5. The summed E-state index contributed by atoms with van der Waals surface area (Å²) in [5, 5.41) is 61.0. The number of benzene rings is 2. The van der Waals surface area contributed by atoms with Gasteiger partial charge in [-0.05, 0) is 36.2 Å². The summed E-state index contributed by atoms with van der Waals surface area (Å²) < 4.78 is 16.6. The topological polar surface area (TPSA) is 207 Å². The minimum Gasteiger partial charge on any atom is -0.550 e. The van der Waals surface area contributed by atoms with Crippen molar-refractivity contribution in [2.45, 2.75) is 43.4 Å². The van der Waals surface area contributed by atoms with Crippen LogP contribution in [0.25, 0.3) is 22.1 Å². The molecule has 1 aliphatic heterocycles. The van der Waals surface area contributed by atoms with E-state index in [0.717, 1.165) is 6.26 Å². The van der Waals surface area contributed by atoms with Crippen molar-refractivity contribution in [2.75, 3.05) is 6.61 Å². The van der Waals surface area contributed by atoms with Crippen LogP contribution < -0.4 is 44.8 Å². The SMILES string of the molecule is O=C([O-])CCC(=O)Oc1ccc2c(=O)c(-c3ccc(O)cc3)coc2c1[C@@H]1O[C@H](CO)[C@@H](O)[C@H](O)[C@H]1O.[Na+]. The Balaban J connectivity index is 0.00000400. The number of esters is 1. The van der Waals surface area contributed by atoms with Crippen LogP contribution in [-0.4, -0.2) is 68.5 Å². The molecule has 0 radical (unpaired) electrons. The normalized spacial score (nSPS) is 23.0. The van der Waals surface area contributed by atoms with E-state index in [0.29, 0.717) is 5.56 Å². The van der Waals surface area contributed by atoms with Crippen molar-refractivity contribution in [2.24, 2.45) is 0 Å². The van der Waals surface area contributed by atoms with Gasteiger partial charge in [0.1, 0.15) is 53.9 Å². The number of aromatic hydroxyl groups is 1. The average molecular weight is 538 g/mol. The molecule has 1 aromatic heterocycles. The number of aliphatic carboxylic acids is 1. The van der Waals surface area contributed by atoms with E-state index in [1.54, 1.807) is 0 Å². The Morgan fingerprint density at radius 1 is 0.974 bits per heavy atom. The Bertz CT molecular complexity index is 1370. The zero-order valence-corrected chi connectivity index (χ0v) is 22.1.